The van der Waals surface area contributed by atoms with Gasteiger partial charge in [0.1, 0.15) is 0 Å². The summed E-state index contributed by atoms with van der Waals surface area (Å²) in [6.07, 6.45) is 2.01. The van der Waals surface area contributed by atoms with E-state index in [0.29, 0.717) is 5.56 Å². The fourth-order valence-corrected chi connectivity index (χ4v) is 3.03. The van der Waals surface area contributed by atoms with Crippen LogP contribution in [0.5, 0.6) is 11.5 Å². The van der Waals surface area contributed by atoms with Gasteiger partial charge in [0.05, 0.1) is 22.7 Å². The molecule has 0 fully saturated rings. The molecule has 1 aliphatic heterocycles. The number of pyridine rings is 1. The normalized spacial score (nSPS) is 15.7. The van der Waals surface area contributed by atoms with E-state index in [0.717, 1.165) is 5.01 Å². The highest BCUT2D eigenvalue weighted by atomic mass is 35.5. The molecule has 10 heteroatoms. The number of methoxy groups -OCH3 is 1. The number of nitrogens with zero attached hydrogens (tertiary/aromatic N) is 3. The molecule has 1 amide bonds. The average molecular weight is 424 g/mol. The van der Waals surface area contributed by atoms with Crippen LogP contribution in [0.2, 0.25) is 10.0 Å². The van der Waals surface area contributed by atoms with Crippen molar-refractivity contribution in [3.8, 4) is 11.5 Å². The topological polar surface area (TPSA) is 90.3 Å². The number of ether oxygens (including phenoxy) is 3. The third-order valence-corrected chi connectivity index (χ3v) is 4.58. The Hall–Kier alpha value is -2.84. The molecule has 1 aromatic heterocycles. The summed E-state index contributed by atoms with van der Waals surface area (Å²) < 4.78 is 16.5. The van der Waals surface area contributed by atoms with Crippen LogP contribution in [-0.2, 0) is 14.3 Å². The fraction of sp³-hybridized carbons (Fsp3) is 0.222. The monoisotopic (exact) mass is 423 g/mol. The van der Waals surface area contributed by atoms with Crippen molar-refractivity contribution in [3.05, 3.63) is 51.8 Å². The maximum absolute atomic E-state index is 12.2. The summed E-state index contributed by atoms with van der Waals surface area (Å²) in [7, 11) is 1.38. The Balaban J connectivity index is 2.15. The minimum absolute atomic E-state index is 0.00757. The third kappa shape index (κ3) is 3.74. The van der Waals surface area contributed by atoms with E-state index in [4.69, 9.17) is 37.4 Å². The van der Waals surface area contributed by atoms with Crippen molar-refractivity contribution < 1.29 is 23.8 Å². The lowest BCUT2D eigenvalue weighted by atomic mass is 10.1. The minimum Gasteiger partial charge on any atom is -0.493 e. The predicted molar refractivity (Wildman–Crippen MR) is 101 cm³/mol. The van der Waals surface area contributed by atoms with Gasteiger partial charge in [0, 0.05) is 37.9 Å². The van der Waals surface area contributed by atoms with Crippen LogP contribution >= 0.6 is 23.2 Å². The second-order valence-electron chi connectivity index (χ2n) is 5.69. The van der Waals surface area contributed by atoms with Gasteiger partial charge in [-0.1, -0.05) is 23.2 Å². The van der Waals surface area contributed by atoms with Crippen LogP contribution in [0.15, 0.2) is 35.7 Å². The predicted octanol–water partition coefficient (Wildman–Crippen LogP) is 3.56. The number of hydrogen-bond acceptors (Lipinski definition) is 7. The molecule has 3 rings (SSSR count). The molecule has 0 aliphatic carbocycles. The number of esters is 1. The lowest BCUT2D eigenvalue weighted by Gasteiger charge is -2.24. The number of hydrazone groups is 1. The summed E-state index contributed by atoms with van der Waals surface area (Å²) in [6, 6.07) is 4.75. The number of hydrogen-bond donors (Lipinski definition) is 0. The Morgan fingerprint density at radius 1 is 1.21 bits per heavy atom. The highest BCUT2D eigenvalue weighted by Crippen LogP contribution is 2.47. The first-order valence-corrected chi connectivity index (χ1v) is 8.78. The van der Waals surface area contributed by atoms with Crippen molar-refractivity contribution in [2.24, 2.45) is 5.10 Å². The first kappa shape index (κ1) is 19.9. The van der Waals surface area contributed by atoms with Gasteiger partial charge in [-0.3, -0.25) is 14.6 Å². The summed E-state index contributed by atoms with van der Waals surface area (Å²) in [4.78, 5) is 27.8. The van der Waals surface area contributed by atoms with Crippen LogP contribution in [0.1, 0.15) is 31.2 Å². The zero-order valence-electron chi connectivity index (χ0n) is 15.1. The number of benzene rings is 1. The van der Waals surface area contributed by atoms with Gasteiger partial charge in [-0.2, -0.15) is 5.01 Å². The number of amides is 1. The average Bonchev–Trinajstić information content (AvgIpc) is 3.10. The lowest BCUT2D eigenvalue weighted by molar-refractivity contribution is -0.135. The molecule has 0 saturated heterocycles. The van der Waals surface area contributed by atoms with Crippen molar-refractivity contribution in [3.63, 3.8) is 0 Å². The van der Waals surface area contributed by atoms with E-state index in [1.807, 2.05) is 0 Å². The van der Waals surface area contributed by atoms with Gasteiger partial charge in [0.15, 0.2) is 11.5 Å². The van der Waals surface area contributed by atoms with Gasteiger partial charge >= 0.3 is 5.97 Å². The van der Waals surface area contributed by atoms with E-state index in [9.17, 15) is 9.59 Å². The molecule has 146 valence electrons. The van der Waals surface area contributed by atoms with E-state index < -0.39 is 18.1 Å². The zero-order chi connectivity index (χ0) is 20.4. The second kappa shape index (κ2) is 8.04. The van der Waals surface area contributed by atoms with Gasteiger partial charge in [0.2, 0.25) is 18.0 Å². The summed E-state index contributed by atoms with van der Waals surface area (Å²) >= 11 is 12.6. The summed E-state index contributed by atoms with van der Waals surface area (Å²) in [5, 5.41) is 5.49. The van der Waals surface area contributed by atoms with Crippen molar-refractivity contribution >= 4 is 41.0 Å². The van der Waals surface area contributed by atoms with Gasteiger partial charge < -0.3 is 14.2 Å². The summed E-state index contributed by atoms with van der Waals surface area (Å²) in [5.41, 5.74) is 0.743. The van der Waals surface area contributed by atoms with Crippen LogP contribution in [0, 0.1) is 0 Å². The number of rotatable bonds is 4. The molecule has 28 heavy (non-hydrogen) atoms. The van der Waals surface area contributed by atoms with Crippen molar-refractivity contribution in [1.82, 2.24) is 9.99 Å². The molecular weight excluding hydrogens is 409 g/mol. The molecule has 0 N–H and O–H groups in total. The van der Waals surface area contributed by atoms with Crippen LogP contribution < -0.4 is 9.47 Å². The summed E-state index contributed by atoms with van der Waals surface area (Å²) in [5.74, 6) is -0.708. The van der Waals surface area contributed by atoms with Crippen LogP contribution in [0.25, 0.3) is 0 Å². The molecule has 0 saturated carbocycles. The van der Waals surface area contributed by atoms with Crippen LogP contribution in [-0.4, -0.2) is 34.9 Å². The van der Waals surface area contributed by atoms with Gasteiger partial charge in [-0.05, 0) is 12.1 Å². The van der Waals surface area contributed by atoms with Crippen LogP contribution in [0.4, 0.5) is 0 Å². The Labute approximate surface area is 170 Å². The first-order valence-electron chi connectivity index (χ1n) is 8.03. The van der Waals surface area contributed by atoms with E-state index >= 15 is 0 Å². The number of carbonyl (C=O) groups is 2. The molecule has 0 bridgehead atoms. The lowest BCUT2D eigenvalue weighted by Crippen LogP contribution is -2.26. The standard InChI is InChI=1S/C18H15Cl2N3O5/c1-9(24)23-18(28-17(22-23)11-4-6-21-7-5-11)14-15(20)12(19)8-13(26-3)16(14)27-10(2)25/h4-8,18H,1-3H3/t18-/m1/s1. The Morgan fingerprint density at radius 3 is 2.46 bits per heavy atom. The molecule has 8 nitrogen and oxygen atoms in total. The number of aromatic nitrogens is 1. The smallest absolute Gasteiger partial charge is 0.308 e. The third-order valence-electron chi connectivity index (χ3n) is 3.78. The Morgan fingerprint density at radius 2 is 1.89 bits per heavy atom. The molecule has 2 aromatic rings. The van der Waals surface area contributed by atoms with Crippen molar-refractivity contribution in [2.45, 2.75) is 20.1 Å². The van der Waals surface area contributed by atoms with Gasteiger partial charge in [-0.25, -0.2) is 0 Å². The van der Waals surface area contributed by atoms with Crippen molar-refractivity contribution in [2.75, 3.05) is 7.11 Å². The molecule has 0 radical (unpaired) electrons. The van der Waals surface area contributed by atoms with Crippen LogP contribution in [0.3, 0.4) is 0 Å². The zero-order valence-corrected chi connectivity index (χ0v) is 16.6. The first-order chi connectivity index (χ1) is 13.3. The molecular formula is C18H15Cl2N3O5. The van der Waals surface area contributed by atoms with Gasteiger partial charge in [-0.15, -0.1) is 5.10 Å². The molecule has 2 heterocycles. The van der Waals surface area contributed by atoms with E-state index in [2.05, 4.69) is 10.1 Å². The van der Waals surface area contributed by atoms with Crippen molar-refractivity contribution in [1.29, 1.82) is 0 Å². The maximum Gasteiger partial charge on any atom is 0.308 e. The number of halogens is 2. The number of carbonyl (C=O) groups excluding carboxylic acids is 2. The summed E-state index contributed by atoms with van der Waals surface area (Å²) in [6.45, 7) is 2.54. The van der Waals surface area contributed by atoms with E-state index in [-0.39, 0.29) is 33.0 Å². The van der Waals surface area contributed by atoms with E-state index in [1.54, 1.807) is 24.5 Å². The highest BCUT2D eigenvalue weighted by Gasteiger charge is 2.39. The molecule has 1 aliphatic rings. The molecule has 0 unspecified atom stereocenters. The molecule has 0 spiro atoms. The SMILES string of the molecule is COc1cc(Cl)c(Cl)c([C@H]2OC(c3ccncc3)=NN2C(C)=O)c1OC(C)=O. The van der Waals surface area contributed by atoms with E-state index in [1.165, 1.54) is 27.0 Å². The highest BCUT2D eigenvalue weighted by molar-refractivity contribution is 6.42. The molecule has 1 atom stereocenters. The maximum atomic E-state index is 12.2. The fourth-order valence-electron chi connectivity index (χ4n) is 2.59. The second-order valence-corrected chi connectivity index (χ2v) is 6.47. The Kier molecular flexibility index (Phi) is 5.71. The van der Waals surface area contributed by atoms with Gasteiger partial charge in [0.25, 0.3) is 0 Å². The molecule has 1 aromatic carbocycles. The quantitative estimate of drug-likeness (QED) is 0.551. The minimum atomic E-state index is -1.12. The largest absolute Gasteiger partial charge is 0.493 e. The Bertz CT molecular complexity index is 965.